The number of hydrogen-bond acceptors (Lipinski definition) is 4. The lowest BCUT2D eigenvalue weighted by Crippen LogP contribution is -2.41. The molecule has 0 saturated carbocycles. The number of benzene rings is 1. The van der Waals surface area contributed by atoms with Crippen molar-refractivity contribution in [2.45, 2.75) is 51.2 Å². The number of carbonyl (C=O) groups is 1. The Bertz CT molecular complexity index is 1190. The van der Waals surface area contributed by atoms with Gasteiger partial charge < -0.3 is 19.0 Å². The first-order valence-corrected chi connectivity index (χ1v) is 10.8. The highest BCUT2D eigenvalue weighted by Crippen LogP contribution is 2.38. The summed E-state index contributed by atoms with van der Waals surface area (Å²) in [7, 11) is 0. The quantitative estimate of drug-likeness (QED) is 0.699. The highest BCUT2D eigenvalue weighted by Gasteiger charge is 2.31. The van der Waals surface area contributed by atoms with Crippen molar-refractivity contribution < 1.29 is 14.6 Å². The maximum Gasteiger partial charge on any atom is 0.412 e. The minimum atomic E-state index is -0.941. The molecule has 1 amide bonds. The molecular formula is C23H26N4O4. The van der Waals surface area contributed by atoms with E-state index in [0.717, 1.165) is 54.7 Å². The molecule has 5 rings (SSSR count). The first-order chi connectivity index (χ1) is 15.0. The number of nitrogens with zero attached hydrogens (tertiary/aromatic N) is 4. The Morgan fingerprint density at radius 2 is 2.13 bits per heavy atom. The van der Waals surface area contributed by atoms with E-state index in [9.17, 15) is 14.7 Å². The second-order valence-corrected chi connectivity index (χ2v) is 8.41. The van der Waals surface area contributed by atoms with Crippen LogP contribution in [0.25, 0.3) is 11.0 Å². The van der Waals surface area contributed by atoms with Crippen molar-refractivity contribution in [3.8, 4) is 0 Å². The standard InChI is InChI=1S/C23H26N4O4/c1-15-7-8-17-18(26(15)23(29)30)9-10-19-22(17)24-20(13-25-11-3-2-6-21(25)28)27(19)16-5-4-12-31-14-16/h2-3,6,9-11,15-16H,4-5,7-8,12-14H2,1H3,(H,29,30)/t15-,16-/m0/s1. The molecule has 1 fully saturated rings. The van der Waals surface area contributed by atoms with Crippen LogP contribution in [0.3, 0.4) is 0 Å². The number of pyridine rings is 1. The van der Waals surface area contributed by atoms with E-state index in [-0.39, 0.29) is 17.6 Å². The lowest BCUT2D eigenvalue weighted by atomic mass is 9.95. The smallest absolute Gasteiger partial charge is 0.412 e. The maximum absolute atomic E-state index is 12.3. The molecule has 0 spiro atoms. The van der Waals surface area contributed by atoms with E-state index < -0.39 is 6.09 Å². The molecule has 2 aliphatic heterocycles. The predicted octanol–water partition coefficient (Wildman–Crippen LogP) is 3.42. The molecule has 0 bridgehead atoms. The van der Waals surface area contributed by atoms with Crippen LogP contribution < -0.4 is 10.5 Å². The van der Waals surface area contributed by atoms with E-state index in [2.05, 4.69) is 4.57 Å². The molecule has 0 aliphatic carbocycles. The number of amides is 1. The van der Waals surface area contributed by atoms with E-state index in [1.165, 1.54) is 4.90 Å². The van der Waals surface area contributed by atoms with Crippen LogP contribution in [0.5, 0.6) is 0 Å². The summed E-state index contributed by atoms with van der Waals surface area (Å²) in [5.74, 6) is 0.799. The molecule has 1 aromatic carbocycles. The molecule has 1 N–H and O–H groups in total. The lowest BCUT2D eigenvalue weighted by molar-refractivity contribution is 0.0594. The largest absolute Gasteiger partial charge is 0.465 e. The third-order valence-electron chi connectivity index (χ3n) is 6.45. The van der Waals surface area contributed by atoms with Gasteiger partial charge in [-0.15, -0.1) is 0 Å². The van der Waals surface area contributed by atoms with Gasteiger partial charge in [0.2, 0.25) is 0 Å². The molecule has 4 heterocycles. The summed E-state index contributed by atoms with van der Waals surface area (Å²) in [6.45, 7) is 3.67. The highest BCUT2D eigenvalue weighted by molar-refractivity contribution is 5.94. The van der Waals surface area contributed by atoms with Crippen molar-refractivity contribution in [2.24, 2.45) is 0 Å². The number of ether oxygens (including phenoxy) is 1. The van der Waals surface area contributed by atoms with Crippen molar-refractivity contribution in [1.29, 1.82) is 0 Å². The van der Waals surface area contributed by atoms with Gasteiger partial charge >= 0.3 is 6.09 Å². The number of carboxylic acid groups (broad SMARTS) is 1. The molecule has 8 heteroatoms. The van der Waals surface area contributed by atoms with Gasteiger partial charge in [-0.05, 0) is 50.8 Å². The van der Waals surface area contributed by atoms with Gasteiger partial charge in [0.1, 0.15) is 5.82 Å². The molecular weight excluding hydrogens is 396 g/mol. The molecule has 31 heavy (non-hydrogen) atoms. The summed E-state index contributed by atoms with van der Waals surface area (Å²) in [5.41, 5.74) is 3.42. The molecule has 2 atom stereocenters. The van der Waals surface area contributed by atoms with Crippen LogP contribution in [0.1, 0.15) is 43.6 Å². The van der Waals surface area contributed by atoms with E-state index >= 15 is 0 Å². The number of aryl methyl sites for hydroxylation is 1. The highest BCUT2D eigenvalue weighted by atomic mass is 16.5. The van der Waals surface area contributed by atoms with Crippen molar-refractivity contribution in [3.05, 3.63) is 58.3 Å². The fourth-order valence-electron chi connectivity index (χ4n) is 4.93. The average Bonchev–Trinajstić information content (AvgIpc) is 3.13. The molecule has 2 aromatic heterocycles. The van der Waals surface area contributed by atoms with Crippen LogP contribution >= 0.6 is 0 Å². The van der Waals surface area contributed by atoms with Crippen LogP contribution in [-0.2, 0) is 17.7 Å². The zero-order chi connectivity index (χ0) is 21.5. The molecule has 1 saturated heterocycles. The third-order valence-corrected chi connectivity index (χ3v) is 6.45. The Labute approximate surface area is 179 Å². The number of anilines is 1. The Morgan fingerprint density at radius 3 is 2.87 bits per heavy atom. The van der Waals surface area contributed by atoms with Crippen molar-refractivity contribution in [3.63, 3.8) is 0 Å². The van der Waals surface area contributed by atoms with Crippen LogP contribution in [0.15, 0.2) is 41.3 Å². The molecule has 0 unspecified atom stereocenters. The van der Waals surface area contributed by atoms with Crippen molar-refractivity contribution in [1.82, 2.24) is 14.1 Å². The van der Waals surface area contributed by atoms with Gasteiger partial charge in [0.25, 0.3) is 5.56 Å². The third kappa shape index (κ3) is 3.40. The Hall–Kier alpha value is -3.13. The second kappa shape index (κ2) is 7.85. The van der Waals surface area contributed by atoms with Gasteiger partial charge in [-0.2, -0.15) is 0 Å². The Balaban J connectivity index is 1.69. The van der Waals surface area contributed by atoms with Crippen LogP contribution in [0.4, 0.5) is 10.5 Å². The Morgan fingerprint density at radius 1 is 1.26 bits per heavy atom. The summed E-state index contributed by atoms with van der Waals surface area (Å²) < 4.78 is 9.61. The summed E-state index contributed by atoms with van der Waals surface area (Å²) in [5, 5.41) is 9.76. The number of imidazole rings is 1. The average molecular weight is 422 g/mol. The molecule has 0 radical (unpaired) electrons. The summed E-state index contributed by atoms with van der Waals surface area (Å²) in [6, 6.07) is 9.07. The fraction of sp³-hybridized carbons (Fsp3) is 0.435. The molecule has 8 nitrogen and oxygen atoms in total. The topological polar surface area (TPSA) is 89.6 Å². The minimum absolute atomic E-state index is 0.0707. The fourth-order valence-corrected chi connectivity index (χ4v) is 4.93. The number of rotatable bonds is 3. The first kappa shape index (κ1) is 19.8. The predicted molar refractivity (Wildman–Crippen MR) is 117 cm³/mol. The van der Waals surface area contributed by atoms with Gasteiger partial charge in [0, 0.05) is 30.5 Å². The first-order valence-electron chi connectivity index (χ1n) is 10.8. The van der Waals surface area contributed by atoms with Crippen molar-refractivity contribution in [2.75, 3.05) is 18.1 Å². The monoisotopic (exact) mass is 422 g/mol. The van der Waals surface area contributed by atoms with E-state index in [4.69, 9.17) is 9.72 Å². The van der Waals surface area contributed by atoms with Crippen molar-refractivity contribution >= 4 is 22.8 Å². The summed E-state index contributed by atoms with van der Waals surface area (Å²) >= 11 is 0. The molecule has 2 aliphatic rings. The van der Waals surface area contributed by atoms with Gasteiger partial charge in [-0.25, -0.2) is 9.78 Å². The molecule has 3 aromatic rings. The minimum Gasteiger partial charge on any atom is -0.465 e. The van der Waals surface area contributed by atoms with Gasteiger partial charge in [-0.3, -0.25) is 9.69 Å². The maximum atomic E-state index is 12.3. The second-order valence-electron chi connectivity index (χ2n) is 8.41. The van der Waals surface area contributed by atoms with E-state index in [1.807, 2.05) is 25.1 Å². The van der Waals surface area contributed by atoms with Crippen LogP contribution in [-0.4, -0.2) is 44.6 Å². The summed E-state index contributed by atoms with van der Waals surface area (Å²) in [6.07, 6.45) is 4.32. The zero-order valence-corrected chi connectivity index (χ0v) is 17.5. The Kier molecular flexibility index (Phi) is 5.02. The zero-order valence-electron chi connectivity index (χ0n) is 17.5. The van der Waals surface area contributed by atoms with E-state index in [0.29, 0.717) is 18.8 Å². The van der Waals surface area contributed by atoms with Gasteiger partial charge in [-0.1, -0.05) is 6.07 Å². The lowest BCUT2D eigenvalue weighted by Gasteiger charge is -2.33. The van der Waals surface area contributed by atoms with E-state index in [1.54, 1.807) is 22.9 Å². The normalized spacial score (nSPS) is 21.3. The number of fused-ring (bicyclic) bond motifs is 3. The number of aromatic nitrogens is 3. The van der Waals surface area contributed by atoms with Gasteiger partial charge in [0.15, 0.2) is 0 Å². The molecule has 162 valence electrons. The summed E-state index contributed by atoms with van der Waals surface area (Å²) in [4.78, 5) is 30.7. The van der Waals surface area contributed by atoms with Gasteiger partial charge in [0.05, 0.1) is 35.9 Å². The SMILES string of the molecule is C[C@H]1CCc2c(ccc3c2nc(Cn2ccccc2=O)n3[C@H]2CCCOC2)N1C(=O)O. The van der Waals surface area contributed by atoms with Crippen LogP contribution in [0.2, 0.25) is 0 Å². The number of hydrogen-bond donors (Lipinski definition) is 1. The van der Waals surface area contributed by atoms with Crippen LogP contribution in [0, 0.1) is 0 Å².